The molecule has 0 unspecified atom stereocenters. The fourth-order valence-corrected chi connectivity index (χ4v) is 3.79. The molecule has 1 aliphatic rings. The molecular weight excluding hydrogens is 410 g/mol. The van der Waals surface area contributed by atoms with Gasteiger partial charge in [-0.3, -0.25) is 4.79 Å². The van der Waals surface area contributed by atoms with Gasteiger partial charge in [0.05, 0.1) is 5.92 Å². The minimum Gasteiger partial charge on any atom is -0.460 e. The highest BCUT2D eigenvalue weighted by Crippen LogP contribution is 2.30. The first-order valence-corrected chi connectivity index (χ1v) is 11.9. The summed E-state index contributed by atoms with van der Waals surface area (Å²) in [7, 11) is 0. The van der Waals surface area contributed by atoms with Crippen molar-refractivity contribution >= 4 is 23.8 Å². The number of thioether (sulfide) groups is 1. The Kier molecular flexibility index (Phi) is 8.48. The Morgan fingerprint density at radius 2 is 1.84 bits per heavy atom. The molecule has 0 aromatic heterocycles. The number of esters is 1. The van der Waals surface area contributed by atoms with Crippen LogP contribution in [-0.4, -0.2) is 47.5 Å². The van der Waals surface area contributed by atoms with E-state index >= 15 is 0 Å². The summed E-state index contributed by atoms with van der Waals surface area (Å²) >= 11 is 1.47. The summed E-state index contributed by atoms with van der Waals surface area (Å²) in [6.07, 6.45) is 2.91. The average Bonchev–Trinajstić information content (AvgIpc) is 3.12. The van der Waals surface area contributed by atoms with Gasteiger partial charge in [0.1, 0.15) is 11.2 Å². The summed E-state index contributed by atoms with van der Waals surface area (Å²) in [5.41, 5.74) is 0.860. The largest absolute Gasteiger partial charge is 0.460 e. The van der Waals surface area contributed by atoms with Gasteiger partial charge in [0.2, 0.25) is 0 Å². The van der Waals surface area contributed by atoms with E-state index in [2.05, 4.69) is 11.2 Å². The van der Waals surface area contributed by atoms with Crippen molar-refractivity contribution in [1.29, 1.82) is 0 Å². The molecule has 0 N–H and O–H groups in total. The molecule has 0 spiro atoms. The van der Waals surface area contributed by atoms with Crippen LogP contribution in [0.3, 0.4) is 0 Å². The Labute approximate surface area is 191 Å². The Morgan fingerprint density at radius 1 is 1.16 bits per heavy atom. The van der Waals surface area contributed by atoms with E-state index in [1.807, 2.05) is 72.1 Å². The third-order valence-corrected chi connectivity index (χ3v) is 5.14. The summed E-state index contributed by atoms with van der Waals surface area (Å²) in [5.74, 6) is 2.58. The van der Waals surface area contributed by atoms with Gasteiger partial charge in [-0.2, -0.15) is 0 Å². The maximum atomic E-state index is 13.1. The molecule has 1 heterocycles. The normalized spacial score (nSPS) is 17.5. The van der Waals surface area contributed by atoms with E-state index in [9.17, 15) is 9.59 Å². The number of likely N-dealkylation sites (tertiary alicyclic amines) is 1. The Balaban J connectivity index is 2.20. The number of amides is 1. The molecule has 1 aromatic rings. The van der Waals surface area contributed by atoms with Crippen LogP contribution >= 0.6 is 11.8 Å². The highest BCUT2D eigenvalue weighted by Gasteiger charge is 2.39. The van der Waals surface area contributed by atoms with E-state index in [1.165, 1.54) is 11.8 Å². The molecule has 2 atom stereocenters. The van der Waals surface area contributed by atoms with E-state index < -0.39 is 11.2 Å². The van der Waals surface area contributed by atoms with Crippen LogP contribution < -0.4 is 0 Å². The number of carbonyl (C=O) groups excluding carboxylic acids is 2. The van der Waals surface area contributed by atoms with Crippen LogP contribution in [0.2, 0.25) is 0 Å². The predicted octanol–water partition coefficient (Wildman–Crippen LogP) is 5.12. The molecule has 0 aliphatic carbocycles. The van der Waals surface area contributed by atoms with Gasteiger partial charge >= 0.3 is 12.1 Å². The summed E-state index contributed by atoms with van der Waals surface area (Å²) in [4.78, 5) is 27.3. The quantitative estimate of drug-likeness (QED) is 0.476. The summed E-state index contributed by atoms with van der Waals surface area (Å²) in [5, 5.41) is 3.01. The van der Waals surface area contributed by atoms with Gasteiger partial charge in [0.15, 0.2) is 0 Å². The number of hydrogen-bond acceptors (Lipinski definition) is 5. The maximum absolute atomic E-state index is 13.1. The van der Waals surface area contributed by atoms with Crippen LogP contribution in [0.1, 0.15) is 59.1 Å². The van der Waals surface area contributed by atoms with Gasteiger partial charge in [0.25, 0.3) is 0 Å². The number of rotatable bonds is 4. The Morgan fingerprint density at radius 3 is 2.45 bits per heavy atom. The average molecular weight is 446 g/mol. The van der Waals surface area contributed by atoms with Gasteiger partial charge in [0, 0.05) is 18.7 Å². The van der Waals surface area contributed by atoms with Gasteiger partial charge in [-0.1, -0.05) is 29.8 Å². The first kappa shape index (κ1) is 25.1. The van der Waals surface area contributed by atoms with Crippen LogP contribution in [-0.2, 0) is 20.7 Å². The zero-order valence-corrected chi connectivity index (χ0v) is 20.6. The van der Waals surface area contributed by atoms with Crippen molar-refractivity contribution in [3.8, 4) is 11.2 Å². The molecule has 6 heteroatoms. The first-order valence-electron chi connectivity index (χ1n) is 10.7. The molecule has 0 radical (unpaired) electrons. The minimum absolute atomic E-state index is 0.0170. The molecule has 1 fully saturated rings. The minimum atomic E-state index is -0.565. The van der Waals surface area contributed by atoms with Crippen molar-refractivity contribution in [3.05, 3.63) is 35.4 Å². The number of benzene rings is 1. The van der Waals surface area contributed by atoms with Crippen LogP contribution in [0.5, 0.6) is 0 Å². The Bertz CT molecular complexity index is 842. The topological polar surface area (TPSA) is 55.8 Å². The van der Waals surface area contributed by atoms with E-state index in [4.69, 9.17) is 9.47 Å². The number of carbonyl (C=O) groups is 2. The fraction of sp³-hybridized carbons (Fsp3) is 0.600. The third kappa shape index (κ3) is 8.49. The van der Waals surface area contributed by atoms with E-state index in [1.54, 1.807) is 4.90 Å². The zero-order chi connectivity index (χ0) is 23.2. The first-order chi connectivity index (χ1) is 14.4. The van der Waals surface area contributed by atoms with Crippen molar-refractivity contribution in [2.45, 2.75) is 65.6 Å². The highest BCUT2D eigenvalue weighted by molar-refractivity contribution is 8.03. The van der Waals surface area contributed by atoms with Gasteiger partial charge in [-0.05, 0) is 89.5 Å². The highest BCUT2D eigenvalue weighted by atomic mass is 32.2. The van der Waals surface area contributed by atoms with Crippen molar-refractivity contribution in [3.63, 3.8) is 0 Å². The van der Waals surface area contributed by atoms with Crippen LogP contribution in [0.15, 0.2) is 24.3 Å². The lowest BCUT2D eigenvalue weighted by molar-refractivity contribution is -0.161. The van der Waals surface area contributed by atoms with Crippen molar-refractivity contribution in [1.82, 2.24) is 4.90 Å². The SMILES string of the molecule is CSC#Cc1cccc(C[C@H](C(=O)OC(C)(C)C)[C@H]2CCN(C(=O)OC(C)(C)C)C2)c1. The smallest absolute Gasteiger partial charge is 0.410 e. The lowest BCUT2D eigenvalue weighted by Gasteiger charge is -2.28. The lowest BCUT2D eigenvalue weighted by atomic mass is 9.85. The molecule has 170 valence electrons. The molecule has 1 amide bonds. The molecule has 2 rings (SSSR count). The maximum Gasteiger partial charge on any atom is 0.410 e. The zero-order valence-electron chi connectivity index (χ0n) is 19.8. The van der Waals surface area contributed by atoms with Gasteiger partial charge < -0.3 is 14.4 Å². The fourth-order valence-electron chi connectivity index (χ4n) is 3.57. The molecule has 1 aromatic carbocycles. The van der Waals surface area contributed by atoms with Crippen LogP contribution in [0.4, 0.5) is 4.79 Å². The van der Waals surface area contributed by atoms with E-state index in [0.29, 0.717) is 19.5 Å². The molecule has 0 bridgehead atoms. The summed E-state index contributed by atoms with van der Waals surface area (Å²) in [6, 6.07) is 7.98. The number of hydrogen-bond donors (Lipinski definition) is 0. The third-order valence-electron chi connectivity index (χ3n) is 4.83. The standard InChI is InChI=1S/C25H35NO4S/c1-24(2,3)29-22(27)21(16-19-10-8-9-18(15-19)12-14-31-7)20-11-13-26(17-20)23(28)30-25(4,5)6/h8-10,15,20-21H,11,13,16-17H2,1-7H3/t20-,21-/m0/s1. The Hall–Kier alpha value is -2.13. The number of nitrogens with zero attached hydrogens (tertiary/aromatic N) is 1. The monoisotopic (exact) mass is 445 g/mol. The van der Waals surface area contributed by atoms with Gasteiger partial charge in [-0.25, -0.2) is 4.79 Å². The van der Waals surface area contributed by atoms with Gasteiger partial charge in [-0.15, -0.1) is 0 Å². The summed E-state index contributed by atoms with van der Waals surface area (Å²) in [6.45, 7) is 12.3. The molecule has 1 aliphatic heterocycles. The second-order valence-electron chi connectivity index (χ2n) is 9.95. The summed E-state index contributed by atoms with van der Waals surface area (Å²) < 4.78 is 11.3. The molecule has 1 saturated heterocycles. The van der Waals surface area contributed by atoms with E-state index in [0.717, 1.165) is 17.5 Å². The van der Waals surface area contributed by atoms with Crippen molar-refractivity contribution in [2.75, 3.05) is 19.3 Å². The molecule has 31 heavy (non-hydrogen) atoms. The van der Waals surface area contributed by atoms with Crippen LogP contribution in [0.25, 0.3) is 0 Å². The predicted molar refractivity (Wildman–Crippen MR) is 126 cm³/mol. The van der Waals surface area contributed by atoms with Crippen LogP contribution in [0, 0.1) is 23.0 Å². The number of ether oxygens (including phenoxy) is 2. The molecule has 5 nitrogen and oxygen atoms in total. The second kappa shape index (κ2) is 10.5. The van der Waals surface area contributed by atoms with Crippen molar-refractivity contribution in [2.24, 2.45) is 11.8 Å². The van der Waals surface area contributed by atoms with E-state index in [-0.39, 0.29) is 23.9 Å². The second-order valence-corrected chi connectivity index (χ2v) is 10.6. The molecule has 0 saturated carbocycles. The molecular formula is C25H35NO4S. The lowest BCUT2D eigenvalue weighted by Crippen LogP contribution is -2.38. The van der Waals surface area contributed by atoms with Crippen molar-refractivity contribution < 1.29 is 19.1 Å².